The topological polar surface area (TPSA) is 29.3 Å². The van der Waals surface area contributed by atoms with Crippen molar-refractivity contribution in [3.63, 3.8) is 0 Å². The lowest BCUT2D eigenvalue weighted by Gasteiger charge is -2.19. The fourth-order valence-corrected chi connectivity index (χ4v) is 2.53. The molecule has 0 bridgehead atoms. The Morgan fingerprint density at radius 2 is 2.00 bits per heavy atom. The largest absolute Gasteiger partial charge is 0.389 e. The SMILES string of the molecule is CC1(C)CCN(Cc2ccc(C(N)=S)cc2)C1. The highest BCUT2D eigenvalue weighted by molar-refractivity contribution is 7.80. The van der Waals surface area contributed by atoms with Crippen LogP contribution >= 0.6 is 12.2 Å². The van der Waals surface area contributed by atoms with Crippen LogP contribution in [0.1, 0.15) is 31.4 Å². The van der Waals surface area contributed by atoms with Crippen LogP contribution < -0.4 is 5.73 Å². The van der Waals surface area contributed by atoms with Crippen molar-refractivity contribution >= 4 is 17.2 Å². The first-order chi connectivity index (χ1) is 7.96. The van der Waals surface area contributed by atoms with Crippen LogP contribution in [0.15, 0.2) is 24.3 Å². The van der Waals surface area contributed by atoms with E-state index in [9.17, 15) is 0 Å². The van der Waals surface area contributed by atoms with Gasteiger partial charge < -0.3 is 5.73 Å². The van der Waals surface area contributed by atoms with Crippen molar-refractivity contribution < 1.29 is 0 Å². The summed E-state index contributed by atoms with van der Waals surface area (Å²) in [5, 5.41) is 0. The van der Waals surface area contributed by atoms with Crippen molar-refractivity contribution in [3.05, 3.63) is 35.4 Å². The van der Waals surface area contributed by atoms with E-state index in [0.29, 0.717) is 10.4 Å². The molecule has 0 radical (unpaired) electrons. The predicted octanol–water partition coefficient (Wildman–Crippen LogP) is 2.55. The standard InChI is InChI=1S/C14H20N2S/c1-14(2)7-8-16(10-14)9-11-3-5-12(6-4-11)13(15)17/h3-6H,7-10H2,1-2H3,(H2,15,17). The zero-order valence-electron chi connectivity index (χ0n) is 10.6. The van der Waals surface area contributed by atoms with Gasteiger partial charge in [0.15, 0.2) is 0 Å². The molecule has 0 spiro atoms. The quantitative estimate of drug-likeness (QED) is 0.834. The third kappa shape index (κ3) is 3.27. The van der Waals surface area contributed by atoms with Gasteiger partial charge in [0.1, 0.15) is 4.99 Å². The summed E-state index contributed by atoms with van der Waals surface area (Å²) in [6.07, 6.45) is 1.29. The third-order valence-corrected chi connectivity index (χ3v) is 3.64. The fraction of sp³-hybridized carbons (Fsp3) is 0.500. The number of thiocarbonyl (C=S) groups is 1. The second-order valence-electron chi connectivity index (χ2n) is 5.69. The van der Waals surface area contributed by atoms with Crippen LogP contribution in [0.5, 0.6) is 0 Å². The molecule has 2 rings (SSSR count). The van der Waals surface area contributed by atoms with E-state index in [4.69, 9.17) is 18.0 Å². The highest BCUT2D eigenvalue weighted by atomic mass is 32.1. The number of nitrogens with zero attached hydrogens (tertiary/aromatic N) is 1. The predicted molar refractivity (Wildman–Crippen MR) is 76.0 cm³/mol. The van der Waals surface area contributed by atoms with Crippen molar-refractivity contribution in [1.29, 1.82) is 0 Å². The molecule has 3 heteroatoms. The van der Waals surface area contributed by atoms with E-state index in [1.165, 1.54) is 25.1 Å². The Balaban J connectivity index is 1.98. The molecule has 0 amide bonds. The van der Waals surface area contributed by atoms with Gasteiger partial charge in [-0.25, -0.2) is 0 Å². The van der Waals surface area contributed by atoms with Gasteiger partial charge in [-0.05, 0) is 23.9 Å². The first-order valence-corrected chi connectivity index (χ1v) is 6.48. The van der Waals surface area contributed by atoms with Gasteiger partial charge in [-0.2, -0.15) is 0 Å². The summed E-state index contributed by atoms with van der Waals surface area (Å²) >= 11 is 4.95. The highest BCUT2D eigenvalue weighted by Gasteiger charge is 2.28. The molecule has 1 aliphatic heterocycles. The molecule has 1 fully saturated rings. The zero-order chi connectivity index (χ0) is 12.5. The maximum Gasteiger partial charge on any atom is 0.103 e. The van der Waals surface area contributed by atoms with Gasteiger partial charge in [-0.1, -0.05) is 50.3 Å². The van der Waals surface area contributed by atoms with Crippen molar-refractivity contribution in [1.82, 2.24) is 4.90 Å². The lowest BCUT2D eigenvalue weighted by molar-refractivity contribution is 0.284. The second kappa shape index (κ2) is 4.75. The number of hydrogen-bond acceptors (Lipinski definition) is 2. The lowest BCUT2D eigenvalue weighted by atomic mass is 9.93. The van der Waals surface area contributed by atoms with Crippen LogP contribution in [0.2, 0.25) is 0 Å². The highest BCUT2D eigenvalue weighted by Crippen LogP contribution is 2.29. The summed E-state index contributed by atoms with van der Waals surface area (Å²) in [4.78, 5) is 2.98. The molecule has 0 unspecified atom stereocenters. The Morgan fingerprint density at radius 1 is 1.35 bits per heavy atom. The number of nitrogens with two attached hydrogens (primary N) is 1. The summed E-state index contributed by atoms with van der Waals surface area (Å²) in [7, 11) is 0. The van der Waals surface area contributed by atoms with Crippen molar-refractivity contribution in [2.75, 3.05) is 13.1 Å². The molecule has 1 aromatic carbocycles. The minimum atomic E-state index is 0.471. The van der Waals surface area contributed by atoms with Gasteiger partial charge in [0.2, 0.25) is 0 Å². The summed E-state index contributed by atoms with van der Waals surface area (Å²) in [5.41, 5.74) is 8.34. The molecule has 2 nitrogen and oxygen atoms in total. The molecular weight excluding hydrogens is 228 g/mol. The number of likely N-dealkylation sites (tertiary alicyclic amines) is 1. The van der Waals surface area contributed by atoms with Gasteiger partial charge in [0, 0.05) is 18.7 Å². The molecule has 1 aromatic rings. The summed E-state index contributed by atoms with van der Waals surface area (Å²) in [6, 6.07) is 8.28. The Bertz CT molecular complexity index is 409. The third-order valence-electron chi connectivity index (χ3n) is 3.40. The molecule has 92 valence electrons. The maximum absolute atomic E-state index is 5.58. The first kappa shape index (κ1) is 12.5. The van der Waals surface area contributed by atoms with E-state index in [-0.39, 0.29) is 0 Å². The Morgan fingerprint density at radius 3 is 2.47 bits per heavy atom. The maximum atomic E-state index is 5.58. The Labute approximate surface area is 109 Å². The van der Waals surface area contributed by atoms with Crippen LogP contribution in [0.25, 0.3) is 0 Å². The molecular formula is C14H20N2S. The molecule has 0 atom stereocenters. The van der Waals surface area contributed by atoms with Gasteiger partial charge in [0.25, 0.3) is 0 Å². The molecule has 2 N–H and O–H groups in total. The monoisotopic (exact) mass is 248 g/mol. The van der Waals surface area contributed by atoms with E-state index in [2.05, 4.69) is 30.9 Å². The van der Waals surface area contributed by atoms with Crippen molar-refractivity contribution in [3.8, 4) is 0 Å². The summed E-state index contributed by atoms with van der Waals surface area (Å²) in [5.74, 6) is 0. The Hall–Kier alpha value is -0.930. The van der Waals surface area contributed by atoms with E-state index < -0.39 is 0 Å². The molecule has 0 saturated carbocycles. The van der Waals surface area contributed by atoms with E-state index in [1.807, 2.05) is 12.1 Å². The Kier molecular flexibility index (Phi) is 3.50. The molecule has 1 heterocycles. The second-order valence-corrected chi connectivity index (χ2v) is 6.13. The smallest absolute Gasteiger partial charge is 0.103 e. The van der Waals surface area contributed by atoms with E-state index in [1.54, 1.807) is 0 Å². The van der Waals surface area contributed by atoms with Crippen LogP contribution in [-0.4, -0.2) is 23.0 Å². The van der Waals surface area contributed by atoms with Gasteiger partial charge in [0.05, 0.1) is 0 Å². The molecule has 1 aliphatic rings. The van der Waals surface area contributed by atoms with Gasteiger partial charge in [-0.15, -0.1) is 0 Å². The van der Waals surface area contributed by atoms with Crippen molar-refractivity contribution in [2.45, 2.75) is 26.8 Å². The molecule has 1 saturated heterocycles. The van der Waals surface area contributed by atoms with Gasteiger partial charge in [-0.3, -0.25) is 4.90 Å². The zero-order valence-corrected chi connectivity index (χ0v) is 11.4. The van der Waals surface area contributed by atoms with Crippen LogP contribution in [0, 0.1) is 5.41 Å². The van der Waals surface area contributed by atoms with E-state index >= 15 is 0 Å². The fourth-order valence-electron chi connectivity index (χ4n) is 2.39. The summed E-state index contributed by atoms with van der Waals surface area (Å²) in [6.45, 7) is 8.08. The number of benzene rings is 1. The minimum Gasteiger partial charge on any atom is -0.389 e. The average Bonchev–Trinajstić information content (AvgIpc) is 2.59. The molecule has 17 heavy (non-hydrogen) atoms. The molecule has 0 aliphatic carbocycles. The van der Waals surface area contributed by atoms with Crippen LogP contribution in [0.3, 0.4) is 0 Å². The molecule has 0 aromatic heterocycles. The van der Waals surface area contributed by atoms with Crippen molar-refractivity contribution in [2.24, 2.45) is 11.1 Å². The number of hydrogen-bond donors (Lipinski definition) is 1. The first-order valence-electron chi connectivity index (χ1n) is 6.07. The number of rotatable bonds is 3. The van der Waals surface area contributed by atoms with E-state index in [0.717, 1.165) is 12.1 Å². The van der Waals surface area contributed by atoms with Crippen LogP contribution in [0.4, 0.5) is 0 Å². The van der Waals surface area contributed by atoms with Crippen LogP contribution in [-0.2, 0) is 6.54 Å². The average molecular weight is 248 g/mol. The minimum absolute atomic E-state index is 0.471. The summed E-state index contributed by atoms with van der Waals surface area (Å²) < 4.78 is 0. The van der Waals surface area contributed by atoms with Gasteiger partial charge >= 0.3 is 0 Å². The lowest BCUT2D eigenvalue weighted by Crippen LogP contribution is -2.22. The normalized spacial score (nSPS) is 19.4.